The summed E-state index contributed by atoms with van der Waals surface area (Å²) in [5, 5.41) is 21.4. The molecule has 0 aliphatic rings. The van der Waals surface area contributed by atoms with Crippen molar-refractivity contribution in [3.63, 3.8) is 0 Å². The van der Waals surface area contributed by atoms with Crippen LogP contribution in [0.2, 0.25) is 0 Å². The van der Waals surface area contributed by atoms with Crippen molar-refractivity contribution in [3.05, 3.63) is 18.0 Å². The maximum atomic E-state index is 10.2. The van der Waals surface area contributed by atoms with Crippen molar-refractivity contribution in [2.24, 2.45) is 7.05 Å². The zero-order chi connectivity index (χ0) is 9.14. The number of aryl methyl sites for hydroxylation is 1. The fourth-order valence-electron chi connectivity index (χ4n) is 0.895. The lowest BCUT2D eigenvalue weighted by molar-refractivity contribution is -0.139. The van der Waals surface area contributed by atoms with Gasteiger partial charge in [-0.1, -0.05) is 0 Å². The number of hydrogen-bond donors (Lipinski definition) is 2. The summed E-state index contributed by atoms with van der Waals surface area (Å²) in [5.41, 5.74) is 0.528. The summed E-state index contributed by atoms with van der Waals surface area (Å²) in [6.45, 7) is 0. The van der Waals surface area contributed by atoms with E-state index >= 15 is 0 Å². The molecule has 1 unspecified atom stereocenters. The Hall–Kier alpha value is -1.36. The summed E-state index contributed by atoms with van der Waals surface area (Å²) in [5.74, 6) is -1.02. The third-order valence-electron chi connectivity index (χ3n) is 1.48. The molecule has 0 amide bonds. The topological polar surface area (TPSA) is 75.4 Å². The number of nitrogens with zero attached hydrogens (tertiary/aromatic N) is 2. The molecule has 0 fully saturated rings. The third kappa shape index (κ3) is 2.06. The van der Waals surface area contributed by atoms with Gasteiger partial charge < -0.3 is 10.2 Å². The number of rotatable bonds is 3. The highest BCUT2D eigenvalue weighted by Crippen LogP contribution is 2.14. The monoisotopic (exact) mass is 170 g/mol. The number of carbonyl (C=O) groups is 1. The van der Waals surface area contributed by atoms with Crippen molar-refractivity contribution < 1.29 is 15.0 Å². The number of aliphatic carboxylic acids is 1. The molecule has 0 aliphatic carbocycles. The lowest BCUT2D eigenvalue weighted by Gasteiger charge is -2.02. The molecule has 0 saturated heterocycles. The van der Waals surface area contributed by atoms with Crippen molar-refractivity contribution in [1.82, 2.24) is 9.78 Å². The predicted molar refractivity (Wildman–Crippen MR) is 40.4 cm³/mol. The molecular weight excluding hydrogens is 160 g/mol. The highest BCUT2D eigenvalue weighted by Gasteiger charge is 2.12. The van der Waals surface area contributed by atoms with Gasteiger partial charge in [0, 0.05) is 18.8 Å². The van der Waals surface area contributed by atoms with Crippen LogP contribution in [0.5, 0.6) is 0 Å². The first-order chi connectivity index (χ1) is 5.59. The average molecular weight is 170 g/mol. The standard InChI is InChI=1S/C7H10N2O3/c1-9-4-5(3-8-9)6(10)2-7(11)12/h3-4,6,10H,2H2,1H3,(H,11,12). The average Bonchev–Trinajstić information content (AvgIpc) is 2.34. The second kappa shape index (κ2) is 3.36. The van der Waals surface area contributed by atoms with E-state index < -0.39 is 12.1 Å². The Balaban J connectivity index is 2.64. The fourth-order valence-corrected chi connectivity index (χ4v) is 0.895. The zero-order valence-corrected chi connectivity index (χ0v) is 6.64. The second-order valence-electron chi connectivity index (χ2n) is 2.56. The van der Waals surface area contributed by atoms with Gasteiger partial charge in [-0.25, -0.2) is 0 Å². The first-order valence-corrected chi connectivity index (χ1v) is 3.48. The highest BCUT2D eigenvalue weighted by atomic mass is 16.4. The first-order valence-electron chi connectivity index (χ1n) is 3.48. The Labute approximate surface area is 69.2 Å². The SMILES string of the molecule is Cn1cc(C(O)CC(=O)O)cn1. The summed E-state index contributed by atoms with van der Waals surface area (Å²) in [4.78, 5) is 10.2. The van der Waals surface area contributed by atoms with E-state index in [-0.39, 0.29) is 6.42 Å². The van der Waals surface area contributed by atoms with Gasteiger partial charge in [0.15, 0.2) is 0 Å². The van der Waals surface area contributed by atoms with Crippen molar-refractivity contribution in [1.29, 1.82) is 0 Å². The summed E-state index contributed by atoms with van der Waals surface area (Å²) in [7, 11) is 1.71. The number of aliphatic hydroxyl groups excluding tert-OH is 1. The summed E-state index contributed by atoms with van der Waals surface area (Å²) in [6.07, 6.45) is 1.80. The number of hydrogen-bond acceptors (Lipinski definition) is 3. The predicted octanol–water partition coefficient (Wildman–Crippen LogP) is -0.0718. The Morgan fingerprint density at radius 2 is 2.50 bits per heavy atom. The van der Waals surface area contributed by atoms with Crippen LogP contribution in [0.3, 0.4) is 0 Å². The first kappa shape index (κ1) is 8.73. The molecule has 0 bridgehead atoms. The lowest BCUT2D eigenvalue weighted by Crippen LogP contribution is -2.04. The molecule has 0 aromatic carbocycles. The van der Waals surface area contributed by atoms with Crippen molar-refractivity contribution >= 4 is 5.97 Å². The van der Waals surface area contributed by atoms with E-state index in [1.54, 1.807) is 13.2 Å². The molecule has 0 saturated carbocycles. The highest BCUT2D eigenvalue weighted by molar-refractivity contribution is 5.67. The van der Waals surface area contributed by atoms with Crippen molar-refractivity contribution in [2.75, 3.05) is 0 Å². The normalized spacial score (nSPS) is 12.8. The number of aliphatic hydroxyl groups is 1. The zero-order valence-electron chi connectivity index (χ0n) is 6.64. The molecule has 1 heterocycles. The Morgan fingerprint density at radius 3 is 2.92 bits per heavy atom. The minimum Gasteiger partial charge on any atom is -0.481 e. The van der Waals surface area contributed by atoms with Gasteiger partial charge in [0.1, 0.15) is 0 Å². The molecule has 1 rings (SSSR count). The maximum Gasteiger partial charge on any atom is 0.306 e. The number of carboxylic acid groups (broad SMARTS) is 1. The van der Waals surface area contributed by atoms with E-state index in [1.165, 1.54) is 10.9 Å². The van der Waals surface area contributed by atoms with Gasteiger partial charge in [-0.2, -0.15) is 5.10 Å². The van der Waals surface area contributed by atoms with Gasteiger partial charge in [-0.05, 0) is 0 Å². The van der Waals surface area contributed by atoms with Gasteiger partial charge >= 0.3 is 5.97 Å². The molecule has 1 aromatic rings. The van der Waals surface area contributed by atoms with Gasteiger partial charge in [0.2, 0.25) is 0 Å². The summed E-state index contributed by atoms with van der Waals surface area (Å²) < 4.78 is 1.51. The van der Waals surface area contributed by atoms with Crippen LogP contribution < -0.4 is 0 Å². The molecule has 0 radical (unpaired) electrons. The third-order valence-corrected chi connectivity index (χ3v) is 1.48. The largest absolute Gasteiger partial charge is 0.481 e. The molecule has 5 nitrogen and oxygen atoms in total. The summed E-state index contributed by atoms with van der Waals surface area (Å²) >= 11 is 0. The number of aromatic nitrogens is 2. The van der Waals surface area contributed by atoms with Crippen LogP contribution in [0, 0.1) is 0 Å². The van der Waals surface area contributed by atoms with Crippen molar-refractivity contribution in [3.8, 4) is 0 Å². The second-order valence-corrected chi connectivity index (χ2v) is 2.56. The van der Waals surface area contributed by atoms with Gasteiger partial charge in [-0.15, -0.1) is 0 Å². The molecule has 1 atom stereocenters. The maximum absolute atomic E-state index is 10.2. The fraction of sp³-hybridized carbons (Fsp3) is 0.429. The Morgan fingerprint density at radius 1 is 1.83 bits per heavy atom. The van der Waals surface area contributed by atoms with Crippen LogP contribution in [0.15, 0.2) is 12.4 Å². The molecule has 5 heteroatoms. The van der Waals surface area contributed by atoms with Crippen LogP contribution in [0.25, 0.3) is 0 Å². The van der Waals surface area contributed by atoms with Gasteiger partial charge in [0.25, 0.3) is 0 Å². The minimum absolute atomic E-state index is 0.286. The van der Waals surface area contributed by atoms with Crippen LogP contribution in [0.4, 0.5) is 0 Å². The van der Waals surface area contributed by atoms with E-state index in [9.17, 15) is 9.90 Å². The quantitative estimate of drug-likeness (QED) is 0.665. The van der Waals surface area contributed by atoms with E-state index in [0.29, 0.717) is 5.56 Å². The molecule has 0 aliphatic heterocycles. The molecule has 66 valence electrons. The van der Waals surface area contributed by atoms with Crippen LogP contribution in [-0.2, 0) is 11.8 Å². The van der Waals surface area contributed by atoms with Crippen LogP contribution >= 0.6 is 0 Å². The van der Waals surface area contributed by atoms with Gasteiger partial charge in [-0.3, -0.25) is 9.48 Å². The van der Waals surface area contributed by atoms with Crippen LogP contribution in [-0.4, -0.2) is 26.0 Å². The number of carboxylic acids is 1. The lowest BCUT2D eigenvalue weighted by atomic mass is 10.1. The molecule has 0 spiro atoms. The molecule has 1 aromatic heterocycles. The smallest absolute Gasteiger partial charge is 0.306 e. The van der Waals surface area contributed by atoms with E-state index in [2.05, 4.69) is 5.10 Å². The van der Waals surface area contributed by atoms with E-state index in [1.807, 2.05) is 0 Å². The van der Waals surface area contributed by atoms with Crippen molar-refractivity contribution in [2.45, 2.75) is 12.5 Å². The van der Waals surface area contributed by atoms with Crippen LogP contribution in [0.1, 0.15) is 18.1 Å². The Kier molecular flexibility index (Phi) is 2.44. The van der Waals surface area contributed by atoms with E-state index in [0.717, 1.165) is 0 Å². The molecular formula is C7H10N2O3. The minimum atomic E-state index is -1.02. The van der Waals surface area contributed by atoms with E-state index in [4.69, 9.17) is 5.11 Å². The Bertz CT molecular complexity index is 282. The molecule has 12 heavy (non-hydrogen) atoms. The summed E-state index contributed by atoms with van der Waals surface area (Å²) in [6, 6.07) is 0. The van der Waals surface area contributed by atoms with Gasteiger partial charge in [0.05, 0.1) is 18.7 Å². The molecule has 2 N–H and O–H groups in total.